The molecule has 174 valence electrons. The van der Waals surface area contributed by atoms with Crippen LogP contribution in [-0.4, -0.2) is 58.2 Å². The Morgan fingerprint density at radius 2 is 2.00 bits per heavy atom. The Balaban J connectivity index is 1.65. The molecule has 1 saturated heterocycles. The summed E-state index contributed by atoms with van der Waals surface area (Å²) in [5.74, 6) is 0. The Labute approximate surface area is 191 Å². The first-order valence-electron chi connectivity index (χ1n) is 10.2. The van der Waals surface area contributed by atoms with E-state index in [1.165, 1.54) is 23.0 Å². The van der Waals surface area contributed by atoms with Gasteiger partial charge in [-0.25, -0.2) is 21.9 Å². The molecule has 1 aromatic carbocycles. The van der Waals surface area contributed by atoms with Crippen molar-refractivity contribution in [2.24, 2.45) is 0 Å². The van der Waals surface area contributed by atoms with Crippen molar-refractivity contribution in [3.63, 3.8) is 0 Å². The molecule has 3 aromatic rings. The van der Waals surface area contributed by atoms with Gasteiger partial charge in [-0.05, 0) is 37.8 Å². The van der Waals surface area contributed by atoms with Crippen molar-refractivity contribution in [3.05, 3.63) is 23.3 Å². The van der Waals surface area contributed by atoms with Crippen LogP contribution in [0.1, 0.15) is 37.1 Å². The molecule has 14 heteroatoms. The number of halogens is 2. The second kappa shape index (κ2) is 7.94. The third-order valence-corrected chi connectivity index (χ3v) is 8.27. The number of nitrogens with zero attached hydrogens (tertiary/aromatic N) is 6. The molecule has 2 N–H and O–H groups in total. The first-order valence-corrected chi connectivity index (χ1v) is 12.5. The summed E-state index contributed by atoms with van der Waals surface area (Å²) in [7, 11) is -4.06. The number of hydrogen-bond acceptors (Lipinski definition) is 9. The van der Waals surface area contributed by atoms with E-state index in [9.17, 15) is 27.6 Å². The van der Waals surface area contributed by atoms with Crippen LogP contribution in [0.3, 0.4) is 0 Å². The predicted molar refractivity (Wildman–Crippen MR) is 115 cm³/mol. The SMILES string of the molecule is N#CC1(NS(=O)(=O)c2cc(N3CCC(O)CC3)c3cnn(-c4nnc(C(F)F)s4)c3c2)CC1. The minimum Gasteiger partial charge on any atom is -0.393 e. The zero-order valence-corrected chi connectivity index (χ0v) is 18.8. The molecule has 1 saturated carbocycles. The van der Waals surface area contributed by atoms with E-state index >= 15 is 0 Å². The number of rotatable bonds is 6. The number of benzene rings is 1. The minimum atomic E-state index is -4.06. The summed E-state index contributed by atoms with van der Waals surface area (Å²) >= 11 is 0.666. The number of sulfonamides is 1. The molecule has 0 spiro atoms. The lowest BCUT2D eigenvalue weighted by Crippen LogP contribution is -2.37. The Bertz CT molecular complexity index is 1350. The molecule has 3 heterocycles. The highest BCUT2D eigenvalue weighted by atomic mass is 32.2. The van der Waals surface area contributed by atoms with E-state index in [1.54, 1.807) is 0 Å². The molecule has 0 atom stereocenters. The molecule has 0 unspecified atom stereocenters. The first-order chi connectivity index (χ1) is 15.7. The maximum Gasteiger partial charge on any atom is 0.291 e. The minimum absolute atomic E-state index is 0.0713. The van der Waals surface area contributed by atoms with Gasteiger partial charge in [-0.15, -0.1) is 10.2 Å². The van der Waals surface area contributed by atoms with E-state index in [-0.39, 0.29) is 10.0 Å². The Morgan fingerprint density at radius 1 is 1.27 bits per heavy atom. The molecule has 2 fully saturated rings. The number of aromatic nitrogens is 4. The van der Waals surface area contributed by atoms with Gasteiger partial charge in [0.15, 0.2) is 5.01 Å². The van der Waals surface area contributed by atoms with E-state index in [1.807, 2.05) is 11.0 Å². The van der Waals surface area contributed by atoms with Crippen molar-refractivity contribution in [1.82, 2.24) is 24.7 Å². The van der Waals surface area contributed by atoms with E-state index < -0.39 is 33.1 Å². The fraction of sp³-hybridized carbons (Fsp3) is 0.474. The third kappa shape index (κ3) is 4.05. The monoisotopic (exact) mass is 495 g/mol. The molecule has 0 amide bonds. The molecule has 0 radical (unpaired) electrons. The van der Waals surface area contributed by atoms with Gasteiger partial charge in [-0.2, -0.15) is 15.1 Å². The van der Waals surface area contributed by atoms with Crippen LogP contribution in [0.15, 0.2) is 23.2 Å². The van der Waals surface area contributed by atoms with Crippen molar-refractivity contribution >= 4 is 38.0 Å². The smallest absolute Gasteiger partial charge is 0.291 e. The molecular formula is C19H19F2N7O3S2. The number of aliphatic hydroxyl groups excluding tert-OH is 1. The van der Waals surface area contributed by atoms with Gasteiger partial charge in [-0.1, -0.05) is 11.3 Å². The van der Waals surface area contributed by atoms with Gasteiger partial charge in [0.05, 0.1) is 28.8 Å². The summed E-state index contributed by atoms with van der Waals surface area (Å²) in [6, 6.07) is 4.92. The highest BCUT2D eigenvalue weighted by Gasteiger charge is 2.47. The second-order valence-corrected chi connectivity index (χ2v) is 10.8. The van der Waals surface area contributed by atoms with Gasteiger partial charge in [0.25, 0.3) is 6.43 Å². The Kier molecular flexibility index (Phi) is 5.31. The van der Waals surface area contributed by atoms with Crippen LogP contribution < -0.4 is 9.62 Å². The lowest BCUT2D eigenvalue weighted by molar-refractivity contribution is 0.145. The fourth-order valence-electron chi connectivity index (χ4n) is 3.84. The standard InChI is InChI=1S/C19H19F2N7O3S2/c20-16(21)17-24-25-18(32-17)28-15-8-12(33(30,31)26-19(10-22)3-4-19)7-14(13(15)9-23-28)27-5-1-11(29)2-6-27/h7-9,11,16,26,29H,1-6H2. The van der Waals surface area contributed by atoms with E-state index in [2.05, 4.69) is 20.0 Å². The number of nitrogens with one attached hydrogen (secondary N) is 1. The van der Waals surface area contributed by atoms with Gasteiger partial charge in [0.2, 0.25) is 15.2 Å². The molecule has 33 heavy (non-hydrogen) atoms. The molecule has 1 aliphatic heterocycles. The quantitative estimate of drug-likeness (QED) is 0.531. The van der Waals surface area contributed by atoms with E-state index in [4.69, 9.17) is 0 Å². The van der Waals surface area contributed by atoms with E-state index in [0.29, 0.717) is 66.7 Å². The number of fused-ring (bicyclic) bond motifs is 1. The number of alkyl halides is 2. The number of hydrogen-bond donors (Lipinski definition) is 2. The maximum atomic E-state index is 13.2. The van der Waals surface area contributed by atoms with Crippen LogP contribution in [0.25, 0.3) is 16.0 Å². The fourth-order valence-corrected chi connectivity index (χ4v) is 5.92. The van der Waals surface area contributed by atoms with Crippen LogP contribution in [0, 0.1) is 11.3 Å². The lowest BCUT2D eigenvalue weighted by Gasteiger charge is -2.32. The van der Waals surface area contributed by atoms with Gasteiger partial charge in [-0.3, -0.25) is 0 Å². The van der Waals surface area contributed by atoms with Crippen molar-refractivity contribution in [3.8, 4) is 11.2 Å². The topological polar surface area (TPSA) is 137 Å². The zero-order valence-electron chi connectivity index (χ0n) is 17.1. The van der Waals surface area contributed by atoms with Crippen molar-refractivity contribution < 1.29 is 22.3 Å². The molecule has 0 bridgehead atoms. The predicted octanol–water partition coefficient (Wildman–Crippen LogP) is 2.11. The van der Waals surface area contributed by atoms with Gasteiger partial charge >= 0.3 is 0 Å². The van der Waals surface area contributed by atoms with Crippen LogP contribution in [0.5, 0.6) is 0 Å². The highest BCUT2D eigenvalue weighted by Crippen LogP contribution is 2.38. The second-order valence-electron chi connectivity index (χ2n) is 8.17. The maximum absolute atomic E-state index is 13.2. The molecule has 1 aliphatic carbocycles. The van der Waals surface area contributed by atoms with E-state index in [0.717, 1.165) is 0 Å². The number of piperidine rings is 1. The van der Waals surface area contributed by atoms with Crippen LogP contribution in [-0.2, 0) is 10.0 Å². The lowest BCUT2D eigenvalue weighted by atomic mass is 10.1. The number of anilines is 1. The summed E-state index contributed by atoms with van der Waals surface area (Å²) < 4.78 is 56.2. The van der Waals surface area contributed by atoms with Crippen molar-refractivity contribution in [2.45, 2.75) is 48.6 Å². The van der Waals surface area contributed by atoms with Gasteiger partial charge in [0, 0.05) is 24.2 Å². The molecule has 2 aromatic heterocycles. The summed E-state index contributed by atoms with van der Waals surface area (Å²) in [5.41, 5.74) is -0.154. The highest BCUT2D eigenvalue weighted by molar-refractivity contribution is 7.89. The molecule has 2 aliphatic rings. The molecule has 10 nitrogen and oxygen atoms in total. The zero-order chi connectivity index (χ0) is 23.4. The van der Waals surface area contributed by atoms with Gasteiger partial charge in [0.1, 0.15) is 5.54 Å². The largest absolute Gasteiger partial charge is 0.393 e. The average molecular weight is 496 g/mol. The number of aliphatic hydroxyl groups is 1. The average Bonchev–Trinajstić information content (AvgIpc) is 3.19. The van der Waals surface area contributed by atoms with Crippen molar-refractivity contribution in [2.75, 3.05) is 18.0 Å². The summed E-state index contributed by atoms with van der Waals surface area (Å²) in [6.45, 7) is 1.02. The van der Waals surface area contributed by atoms with Crippen molar-refractivity contribution in [1.29, 1.82) is 5.26 Å². The van der Waals surface area contributed by atoms with Crippen LogP contribution in [0.4, 0.5) is 14.5 Å². The first kappa shape index (κ1) is 22.1. The molecular weight excluding hydrogens is 476 g/mol. The summed E-state index contributed by atoms with van der Waals surface area (Å²) in [6.07, 6.45) is 0.234. The Morgan fingerprint density at radius 3 is 2.61 bits per heavy atom. The molecule has 5 rings (SSSR count). The normalized spacial score (nSPS) is 18.7. The summed E-state index contributed by atoms with van der Waals surface area (Å²) in [4.78, 5) is 1.89. The van der Waals surface area contributed by atoms with Gasteiger partial charge < -0.3 is 10.0 Å². The Hall–Kier alpha value is -2.73. The van der Waals surface area contributed by atoms with Crippen LogP contribution >= 0.6 is 11.3 Å². The summed E-state index contributed by atoms with van der Waals surface area (Å²) in [5, 5.41) is 31.0. The van der Waals surface area contributed by atoms with Crippen LogP contribution in [0.2, 0.25) is 0 Å². The third-order valence-electron chi connectivity index (χ3n) is 5.85. The number of nitriles is 1.